The molecule has 0 aliphatic rings. The molecule has 0 radical (unpaired) electrons. The molecule has 2 rings (SSSR count). The van der Waals surface area contributed by atoms with Crippen LogP contribution in [-0.4, -0.2) is 33.4 Å². The molecule has 6 heteroatoms. The molecular formula is C12H16N4O2. The van der Waals surface area contributed by atoms with E-state index in [1.165, 1.54) is 0 Å². The normalized spacial score (nSPS) is 12.4. The summed E-state index contributed by atoms with van der Waals surface area (Å²) in [6, 6.07) is 3.33. The SMILES string of the molecule is COc1cc(Cn2cncc2C(N)CO)ccn1. The number of hydrogen-bond donors (Lipinski definition) is 2. The Labute approximate surface area is 105 Å². The van der Waals surface area contributed by atoms with Crippen molar-refractivity contribution in [2.24, 2.45) is 5.73 Å². The summed E-state index contributed by atoms with van der Waals surface area (Å²) in [6.07, 6.45) is 5.05. The van der Waals surface area contributed by atoms with E-state index in [1.807, 2.05) is 16.7 Å². The van der Waals surface area contributed by atoms with Crippen LogP contribution in [0.3, 0.4) is 0 Å². The quantitative estimate of drug-likeness (QED) is 0.796. The Morgan fingerprint density at radius 2 is 2.39 bits per heavy atom. The van der Waals surface area contributed by atoms with Gasteiger partial charge in [0.25, 0.3) is 0 Å². The third kappa shape index (κ3) is 2.66. The molecule has 0 bridgehead atoms. The number of ether oxygens (including phenoxy) is 1. The molecule has 0 aliphatic carbocycles. The van der Waals surface area contributed by atoms with Crippen molar-refractivity contribution in [3.8, 4) is 5.88 Å². The number of imidazole rings is 1. The maximum Gasteiger partial charge on any atom is 0.213 e. The Morgan fingerprint density at radius 3 is 3.11 bits per heavy atom. The van der Waals surface area contributed by atoms with Crippen LogP contribution in [0.25, 0.3) is 0 Å². The lowest BCUT2D eigenvalue weighted by Crippen LogP contribution is -2.19. The highest BCUT2D eigenvalue weighted by molar-refractivity contribution is 5.21. The smallest absolute Gasteiger partial charge is 0.213 e. The first-order valence-corrected chi connectivity index (χ1v) is 5.60. The zero-order valence-corrected chi connectivity index (χ0v) is 10.2. The second-order valence-corrected chi connectivity index (χ2v) is 3.94. The van der Waals surface area contributed by atoms with Gasteiger partial charge in [0.1, 0.15) is 0 Å². The highest BCUT2D eigenvalue weighted by atomic mass is 16.5. The zero-order valence-electron chi connectivity index (χ0n) is 10.2. The van der Waals surface area contributed by atoms with Crippen molar-refractivity contribution in [2.45, 2.75) is 12.6 Å². The number of rotatable bonds is 5. The Morgan fingerprint density at radius 1 is 1.56 bits per heavy atom. The average Bonchev–Trinajstić information content (AvgIpc) is 2.86. The Bertz CT molecular complexity index is 512. The molecule has 0 amide bonds. The average molecular weight is 248 g/mol. The first-order valence-electron chi connectivity index (χ1n) is 5.60. The van der Waals surface area contributed by atoms with Crippen LogP contribution in [0.15, 0.2) is 30.9 Å². The Kier molecular flexibility index (Phi) is 3.91. The lowest BCUT2D eigenvalue weighted by molar-refractivity contribution is 0.263. The minimum Gasteiger partial charge on any atom is -0.481 e. The fraction of sp³-hybridized carbons (Fsp3) is 0.333. The maximum atomic E-state index is 9.08. The van der Waals surface area contributed by atoms with Crippen molar-refractivity contribution in [2.75, 3.05) is 13.7 Å². The molecule has 6 nitrogen and oxygen atoms in total. The molecule has 0 saturated carbocycles. The van der Waals surface area contributed by atoms with E-state index >= 15 is 0 Å². The summed E-state index contributed by atoms with van der Waals surface area (Å²) in [5, 5.41) is 9.08. The second-order valence-electron chi connectivity index (χ2n) is 3.94. The third-order valence-electron chi connectivity index (χ3n) is 2.68. The standard InChI is InChI=1S/C12H16N4O2/c1-18-12-4-9(2-3-15-12)6-16-8-14-5-11(16)10(13)7-17/h2-5,8,10,17H,6-7,13H2,1H3. The van der Waals surface area contributed by atoms with Gasteiger partial charge in [-0.25, -0.2) is 9.97 Å². The van der Waals surface area contributed by atoms with Crippen LogP contribution in [-0.2, 0) is 6.54 Å². The van der Waals surface area contributed by atoms with E-state index in [2.05, 4.69) is 9.97 Å². The summed E-state index contributed by atoms with van der Waals surface area (Å²) >= 11 is 0. The molecule has 2 aromatic rings. The van der Waals surface area contributed by atoms with Crippen LogP contribution in [0.5, 0.6) is 5.88 Å². The predicted octanol–water partition coefficient (Wildman–Crippen LogP) is 0.327. The highest BCUT2D eigenvalue weighted by Gasteiger charge is 2.10. The molecule has 96 valence electrons. The lowest BCUT2D eigenvalue weighted by Gasteiger charge is -2.12. The molecular weight excluding hydrogens is 232 g/mol. The van der Waals surface area contributed by atoms with Gasteiger partial charge in [0.15, 0.2) is 0 Å². The molecule has 2 aromatic heterocycles. The lowest BCUT2D eigenvalue weighted by atomic mass is 10.2. The minimum absolute atomic E-state index is 0.106. The molecule has 0 aliphatic heterocycles. The van der Waals surface area contributed by atoms with Gasteiger partial charge < -0.3 is 20.1 Å². The zero-order chi connectivity index (χ0) is 13.0. The van der Waals surface area contributed by atoms with Gasteiger partial charge in [-0.2, -0.15) is 0 Å². The third-order valence-corrected chi connectivity index (χ3v) is 2.68. The largest absolute Gasteiger partial charge is 0.481 e. The van der Waals surface area contributed by atoms with Gasteiger partial charge in [0.2, 0.25) is 5.88 Å². The van der Waals surface area contributed by atoms with Gasteiger partial charge in [0, 0.05) is 25.0 Å². The Hall–Kier alpha value is -1.92. The van der Waals surface area contributed by atoms with Crippen LogP contribution in [0.4, 0.5) is 0 Å². The van der Waals surface area contributed by atoms with Gasteiger partial charge in [-0.05, 0) is 11.6 Å². The number of hydrogen-bond acceptors (Lipinski definition) is 5. The van der Waals surface area contributed by atoms with Crippen molar-refractivity contribution in [1.29, 1.82) is 0 Å². The summed E-state index contributed by atoms with van der Waals surface area (Å²) in [7, 11) is 1.58. The van der Waals surface area contributed by atoms with E-state index < -0.39 is 6.04 Å². The Balaban J connectivity index is 2.20. The van der Waals surface area contributed by atoms with E-state index in [0.717, 1.165) is 11.3 Å². The monoisotopic (exact) mass is 248 g/mol. The number of nitrogens with zero attached hydrogens (tertiary/aromatic N) is 3. The maximum absolute atomic E-state index is 9.08. The first-order chi connectivity index (χ1) is 8.74. The van der Waals surface area contributed by atoms with Crippen LogP contribution in [0.2, 0.25) is 0 Å². The van der Waals surface area contributed by atoms with Crippen LogP contribution >= 0.6 is 0 Å². The summed E-state index contributed by atoms with van der Waals surface area (Å²) in [4.78, 5) is 8.10. The van der Waals surface area contributed by atoms with Crippen molar-refractivity contribution in [3.63, 3.8) is 0 Å². The number of aliphatic hydroxyl groups excluding tert-OH is 1. The van der Waals surface area contributed by atoms with E-state index in [-0.39, 0.29) is 6.61 Å². The summed E-state index contributed by atoms with van der Waals surface area (Å²) < 4.78 is 6.97. The van der Waals surface area contributed by atoms with Gasteiger partial charge in [0.05, 0.1) is 31.8 Å². The molecule has 2 heterocycles. The van der Waals surface area contributed by atoms with Crippen molar-refractivity contribution in [3.05, 3.63) is 42.1 Å². The first kappa shape index (κ1) is 12.5. The molecule has 3 N–H and O–H groups in total. The molecule has 1 unspecified atom stereocenters. The van der Waals surface area contributed by atoms with Crippen LogP contribution in [0.1, 0.15) is 17.3 Å². The van der Waals surface area contributed by atoms with Gasteiger partial charge in [-0.3, -0.25) is 0 Å². The molecule has 0 spiro atoms. The predicted molar refractivity (Wildman–Crippen MR) is 66.1 cm³/mol. The molecule has 1 atom stereocenters. The summed E-state index contributed by atoms with van der Waals surface area (Å²) in [5.41, 5.74) is 7.63. The molecule has 0 aromatic carbocycles. The van der Waals surface area contributed by atoms with Crippen LogP contribution < -0.4 is 10.5 Å². The molecule has 18 heavy (non-hydrogen) atoms. The van der Waals surface area contributed by atoms with E-state index in [9.17, 15) is 0 Å². The van der Waals surface area contributed by atoms with E-state index in [1.54, 1.807) is 25.8 Å². The number of aromatic nitrogens is 3. The van der Waals surface area contributed by atoms with Crippen molar-refractivity contribution >= 4 is 0 Å². The number of pyridine rings is 1. The summed E-state index contributed by atoms with van der Waals surface area (Å²) in [6.45, 7) is 0.507. The van der Waals surface area contributed by atoms with E-state index in [4.69, 9.17) is 15.6 Å². The van der Waals surface area contributed by atoms with Gasteiger partial charge >= 0.3 is 0 Å². The van der Waals surface area contributed by atoms with Crippen molar-refractivity contribution in [1.82, 2.24) is 14.5 Å². The fourth-order valence-electron chi connectivity index (χ4n) is 1.72. The topological polar surface area (TPSA) is 86.2 Å². The summed E-state index contributed by atoms with van der Waals surface area (Å²) in [5.74, 6) is 0.570. The van der Waals surface area contributed by atoms with Crippen LogP contribution in [0, 0.1) is 0 Å². The molecule has 0 fully saturated rings. The minimum atomic E-state index is -0.420. The number of aliphatic hydroxyl groups is 1. The number of methoxy groups -OCH3 is 1. The van der Waals surface area contributed by atoms with Gasteiger partial charge in [-0.15, -0.1) is 0 Å². The van der Waals surface area contributed by atoms with E-state index in [0.29, 0.717) is 12.4 Å². The second kappa shape index (κ2) is 5.61. The van der Waals surface area contributed by atoms with Crippen molar-refractivity contribution < 1.29 is 9.84 Å². The van der Waals surface area contributed by atoms with Gasteiger partial charge in [-0.1, -0.05) is 0 Å². The molecule has 0 saturated heterocycles. The fourth-order valence-corrected chi connectivity index (χ4v) is 1.72. The number of nitrogens with two attached hydrogens (primary N) is 1. The highest BCUT2D eigenvalue weighted by Crippen LogP contribution is 2.14.